The molecule has 0 aliphatic heterocycles. The molecule has 0 amide bonds. The number of para-hydroxylation sites is 1. The van der Waals surface area contributed by atoms with Crippen LogP contribution in [-0.2, 0) is 0 Å². The van der Waals surface area contributed by atoms with E-state index in [4.69, 9.17) is 4.74 Å². The molecule has 0 atom stereocenters. The highest BCUT2D eigenvalue weighted by atomic mass is 32.2. The van der Waals surface area contributed by atoms with Gasteiger partial charge in [0.05, 0.1) is 6.61 Å². The minimum Gasteiger partial charge on any atom is -0.494 e. The van der Waals surface area contributed by atoms with E-state index >= 15 is 0 Å². The highest BCUT2D eigenvalue weighted by Crippen LogP contribution is 2.07. The monoisotopic (exact) mass is 307 g/mol. The third-order valence-electron chi connectivity index (χ3n) is 2.62. The van der Waals surface area contributed by atoms with Crippen LogP contribution < -0.4 is 15.4 Å². The minimum atomic E-state index is 0.698. The second kappa shape index (κ2) is 12.1. The van der Waals surface area contributed by atoms with Crippen molar-refractivity contribution >= 4 is 17.7 Å². The first-order valence-electron chi connectivity index (χ1n) is 7.18. The van der Waals surface area contributed by atoms with E-state index in [0.29, 0.717) is 6.61 Å². The summed E-state index contributed by atoms with van der Waals surface area (Å²) in [7, 11) is 1.78. The smallest absolute Gasteiger partial charge is 0.191 e. The Labute approximate surface area is 132 Å². The Morgan fingerprint density at radius 3 is 2.76 bits per heavy atom. The fourth-order valence-corrected chi connectivity index (χ4v) is 2.19. The van der Waals surface area contributed by atoms with Crippen molar-refractivity contribution in [2.24, 2.45) is 4.99 Å². The number of hydrogen-bond donors (Lipinski definition) is 2. The van der Waals surface area contributed by atoms with Crippen LogP contribution in [-0.4, -0.2) is 44.2 Å². The first kappa shape index (κ1) is 17.4. The Bertz CT molecular complexity index is 409. The van der Waals surface area contributed by atoms with Crippen molar-refractivity contribution in [2.75, 3.05) is 38.2 Å². The molecule has 0 aromatic heterocycles. The summed E-state index contributed by atoms with van der Waals surface area (Å²) in [4.78, 5) is 4.19. The molecule has 0 heterocycles. The highest BCUT2D eigenvalue weighted by Gasteiger charge is 1.97. The predicted octanol–water partition coefficient (Wildman–Crippen LogP) is 2.54. The molecule has 1 rings (SSSR count). The standard InChI is InChI=1S/C16H25N3OS/c1-3-13-21-14-11-19-16(17-2)18-10-7-12-20-15-8-5-4-6-9-15/h3-6,8-9H,1,7,10-14H2,2H3,(H2,17,18,19). The summed E-state index contributed by atoms with van der Waals surface area (Å²) in [6.45, 7) is 6.14. The van der Waals surface area contributed by atoms with Crippen molar-refractivity contribution in [1.29, 1.82) is 0 Å². The zero-order valence-electron chi connectivity index (χ0n) is 12.7. The van der Waals surface area contributed by atoms with Gasteiger partial charge in [-0.15, -0.1) is 6.58 Å². The number of thioether (sulfide) groups is 1. The topological polar surface area (TPSA) is 45.7 Å². The summed E-state index contributed by atoms with van der Waals surface area (Å²) in [5.41, 5.74) is 0. The summed E-state index contributed by atoms with van der Waals surface area (Å²) < 4.78 is 5.63. The number of rotatable bonds is 10. The normalized spacial score (nSPS) is 11.0. The quantitative estimate of drug-likeness (QED) is 0.302. The van der Waals surface area contributed by atoms with Crippen LogP contribution in [0.1, 0.15) is 6.42 Å². The summed E-state index contributed by atoms with van der Waals surface area (Å²) in [5, 5.41) is 6.56. The molecule has 0 radical (unpaired) electrons. The van der Waals surface area contributed by atoms with Gasteiger partial charge in [0.15, 0.2) is 5.96 Å². The van der Waals surface area contributed by atoms with Gasteiger partial charge in [-0.05, 0) is 18.6 Å². The molecule has 0 unspecified atom stereocenters. The number of benzene rings is 1. The largest absolute Gasteiger partial charge is 0.494 e. The van der Waals surface area contributed by atoms with Crippen molar-refractivity contribution in [2.45, 2.75) is 6.42 Å². The minimum absolute atomic E-state index is 0.698. The van der Waals surface area contributed by atoms with Gasteiger partial charge in [0.25, 0.3) is 0 Å². The Hall–Kier alpha value is -1.62. The van der Waals surface area contributed by atoms with Crippen LogP contribution in [0.4, 0.5) is 0 Å². The molecule has 0 spiro atoms. The molecule has 2 N–H and O–H groups in total. The zero-order chi connectivity index (χ0) is 15.2. The van der Waals surface area contributed by atoms with E-state index in [1.165, 1.54) is 0 Å². The number of nitrogens with one attached hydrogen (secondary N) is 2. The fraction of sp³-hybridized carbons (Fsp3) is 0.438. The maximum absolute atomic E-state index is 5.63. The maximum atomic E-state index is 5.63. The van der Waals surface area contributed by atoms with Crippen LogP contribution in [0.3, 0.4) is 0 Å². The molecule has 1 aromatic rings. The molecule has 0 bridgehead atoms. The van der Waals surface area contributed by atoms with Gasteiger partial charge < -0.3 is 15.4 Å². The number of guanidine groups is 1. The van der Waals surface area contributed by atoms with Crippen LogP contribution in [0.25, 0.3) is 0 Å². The average Bonchev–Trinajstić information content (AvgIpc) is 2.53. The molecule has 116 valence electrons. The molecule has 1 aromatic carbocycles. The van der Waals surface area contributed by atoms with E-state index in [-0.39, 0.29) is 0 Å². The summed E-state index contributed by atoms with van der Waals surface area (Å²) in [6, 6.07) is 9.87. The Balaban J connectivity index is 2.03. The molecule has 5 heteroatoms. The summed E-state index contributed by atoms with van der Waals surface area (Å²) >= 11 is 1.85. The summed E-state index contributed by atoms with van der Waals surface area (Å²) in [5.74, 6) is 3.79. The van der Waals surface area contributed by atoms with Crippen molar-refractivity contribution in [3.63, 3.8) is 0 Å². The van der Waals surface area contributed by atoms with Crippen LogP contribution in [0.15, 0.2) is 48.0 Å². The molecule has 0 saturated heterocycles. The summed E-state index contributed by atoms with van der Waals surface area (Å²) in [6.07, 6.45) is 2.85. The first-order chi connectivity index (χ1) is 10.4. The third-order valence-corrected chi connectivity index (χ3v) is 3.59. The predicted molar refractivity (Wildman–Crippen MR) is 93.4 cm³/mol. The van der Waals surface area contributed by atoms with Crippen LogP contribution in [0.5, 0.6) is 5.75 Å². The third kappa shape index (κ3) is 9.02. The number of aliphatic imine (C=N–C) groups is 1. The zero-order valence-corrected chi connectivity index (χ0v) is 13.5. The second-order valence-electron chi connectivity index (χ2n) is 4.30. The Morgan fingerprint density at radius 1 is 1.29 bits per heavy atom. The molecule has 0 aliphatic carbocycles. The first-order valence-corrected chi connectivity index (χ1v) is 8.33. The van der Waals surface area contributed by atoms with Crippen molar-refractivity contribution < 1.29 is 4.74 Å². The average molecular weight is 307 g/mol. The molecular weight excluding hydrogens is 282 g/mol. The van der Waals surface area contributed by atoms with Crippen LogP contribution >= 0.6 is 11.8 Å². The number of ether oxygens (including phenoxy) is 1. The van der Waals surface area contributed by atoms with Gasteiger partial charge >= 0.3 is 0 Å². The van der Waals surface area contributed by atoms with E-state index in [9.17, 15) is 0 Å². The Morgan fingerprint density at radius 2 is 2.05 bits per heavy atom. The van der Waals surface area contributed by atoms with E-state index in [1.807, 2.05) is 48.2 Å². The van der Waals surface area contributed by atoms with E-state index in [0.717, 1.165) is 42.7 Å². The van der Waals surface area contributed by atoms with Gasteiger partial charge in [-0.25, -0.2) is 0 Å². The van der Waals surface area contributed by atoms with E-state index in [2.05, 4.69) is 22.2 Å². The number of hydrogen-bond acceptors (Lipinski definition) is 3. The maximum Gasteiger partial charge on any atom is 0.191 e. The lowest BCUT2D eigenvalue weighted by molar-refractivity contribution is 0.311. The van der Waals surface area contributed by atoms with Crippen molar-refractivity contribution in [3.8, 4) is 5.75 Å². The van der Waals surface area contributed by atoms with Gasteiger partial charge in [0, 0.05) is 31.6 Å². The van der Waals surface area contributed by atoms with Crippen LogP contribution in [0, 0.1) is 0 Å². The molecule has 0 saturated carbocycles. The van der Waals surface area contributed by atoms with Gasteiger partial charge in [0.2, 0.25) is 0 Å². The van der Waals surface area contributed by atoms with Crippen molar-refractivity contribution in [3.05, 3.63) is 43.0 Å². The number of nitrogens with zero attached hydrogens (tertiary/aromatic N) is 1. The SMILES string of the molecule is C=CCSCCNC(=NC)NCCCOc1ccccc1. The van der Waals surface area contributed by atoms with E-state index in [1.54, 1.807) is 7.05 Å². The van der Waals surface area contributed by atoms with Gasteiger partial charge in [0.1, 0.15) is 5.75 Å². The van der Waals surface area contributed by atoms with E-state index < -0.39 is 0 Å². The lowest BCUT2D eigenvalue weighted by atomic mass is 10.3. The lowest BCUT2D eigenvalue weighted by Gasteiger charge is -2.12. The second-order valence-corrected chi connectivity index (χ2v) is 5.45. The highest BCUT2D eigenvalue weighted by molar-refractivity contribution is 7.99. The molecular formula is C16H25N3OS. The van der Waals surface area contributed by atoms with Crippen LogP contribution in [0.2, 0.25) is 0 Å². The molecule has 0 aliphatic rings. The van der Waals surface area contributed by atoms with Gasteiger partial charge in [-0.1, -0.05) is 24.3 Å². The van der Waals surface area contributed by atoms with Crippen molar-refractivity contribution in [1.82, 2.24) is 10.6 Å². The molecule has 21 heavy (non-hydrogen) atoms. The Kier molecular flexibility index (Phi) is 10.1. The molecule has 0 fully saturated rings. The fourth-order valence-electron chi connectivity index (χ4n) is 1.61. The molecule has 4 nitrogen and oxygen atoms in total. The van der Waals surface area contributed by atoms with Gasteiger partial charge in [-0.3, -0.25) is 4.99 Å². The van der Waals surface area contributed by atoms with Gasteiger partial charge in [-0.2, -0.15) is 11.8 Å². The lowest BCUT2D eigenvalue weighted by Crippen LogP contribution is -2.39.